The van der Waals surface area contributed by atoms with Crippen LogP contribution in [-0.4, -0.2) is 60.0 Å². The summed E-state index contributed by atoms with van der Waals surface area (Å²) in [6, 6.07) is 0.469. The Labute approximate surface area is 150 Å². The van der Waals surface area contributed by atoms with Crippen molar-refractivity contribution in [2.24, 2.45) is 0 Å². The number of nitrogens with one attached hydrogen (secondary N) is 1. The Morgan fingerprint density at radius 2 is 2.00 bits per heavy atom. The molecule has 1 aliphatic heterocycles. The second-order valence-corrected chi connectivity index (χ2v) is 8.82. The van der Waals surface area contributed by atoms with Crippen molar-refractivity contribution in [2.75, 3.05) is 33.2 Å². The van der Waals surface area contributed by atoms with E-state index in [1.165, 1.54) is 0 Å². The van der Waals surface area contributed by atoms with E-state index in [9.17, 15) is 4.79 Å². The Morgan fingerprint density at radius 1 is 1.33 bits per heavy atom. The zero-order valence-electron chi connectivity index (χ0n) is 15.8. The fourth-order valence-electron chi connectivity index (χ4n) is 2.78. The van der Waals surface area contributed by atoms with E-state index in [1.54, 1.807) is 11.3 Å². The molecule has 1 aliphatic rings. The minimum Gasteiger partial charge on any atom is -0.350 e. The molecular formula is C18H32N4OS. The molecule has 136 valence electrons. The monoisotopic (exact) mass is 352 g/mol. The van der Waals surface area contributed by atoms with Crippen LogP contribution in [0.1, 0.15) is 51.2 Å². The molecule has 2 heterocycles. The lowest BCUT2D eigenvalue weighted by Crippen LogP contribution is -2.48. The van der Waals surface area contributed by atoms with Gasteiger partial charge < -0.3 is 10.2 Å². The first-order valence-corrected chi connectivity index (χ1v) is 9.78. The summed E-state index contributed by atoms with van der Waals surface area (Å²) in [5.41, 5.74) is 1.16. The van der Waals surface area contributed by atoms with Gasteiger partial charge in [0.25, 0.3) is 0 Å². The molecule has 1 atom stereocenters. The van der Waals surface area contributed by atoms with Crippen molar-refractivity contribution < 1.29 is 4.79 Å². The fraction of sp³-hybridized carbons (Fsp3) is 0.778. The molecule has 2 rings (SSSR count). The Bertz CT molecular complexity index is 529. The zero-order valence-corrected chi connectivity index (χ0v) is 16.6. The van der Waals surface area contributed by atoms with Gasteiger partial charge in [-0.3, -0.25) is 9.69 Å². The third-order valence-corrected chi connectivity index (χ3v) is 5.56. The summed E-state index contributed by atoms with van der Waals surface area (Å²) in [4.78, 5) is 21.6. The zero-order chi connectivity index (χ0) is 17.7. The van der Waals surface area contributed by atoms with Crippen LogP contribution in [0.15, 0.2) is 5.38 Å². The predicted molar refractivity (Wildman–Crippen MR) is 100 cm³/mol. The molecule has 0 aromatic carbocycles. The molecule has 0 radical (unpaired) electrons. The number of nitrogens with zero attached hydrogens (tertiary/aromatic N) is 3. The van der Waals surface area contributed by atoms with Crippen molar-refractivity contribution in [3.8, 4) is 0 Å². The molecule has 6 heteroatoms. The van der Waals surface area contributed by atoms with Gasteiger partial charge in [0, 0.05) is 49.4 Å². The largest absolute Gasteiger partial charge is 0.350 e. The highest BCUT2D eigenvalue weighted by Crippen LogP contribution is 2.23. The van der Waals surface area contributed by atoms with Crippen LogP contribution in [0.5, 0.6) is 0 Å². The van der Waals surface area contributed by atoms with E-state index in [2.05, 4.69) is 60.2 Å². The molecule has 1 fully saturated rings. The van der Waals surface area contributed by atoms with E-state index in [1.807, 2.05) is 0 Å². The molecule has 5 nitrogen and oxygen atoms in total. The van der Waals surface area contributed by atoms with Crippen molar-refractivity contribution in [2.45, 2.75) is 58.5 Å². The highest BCUT2D eigenvalue weighted by atomic mass is 32.1. The van der Waals surface area contributed by atoms with E-state index < -0.39 is 0 Å². The van der Waals surface area contributed by atoms with Crippen LogP contribution in [0.4, 0.5) is 0 Å². The molecule has 0 unspecified atom stereocenters. The smallest absolute Gasteiger partial charge is 0.220 e. The maximum atomic E-state index is 12.1. The molecule has 1 aromatic rings. The topological polar surface area (TPSA) is 48.5 Å². The number of aromatic nitrogens is 1. The van der Waals surface area contributed by atoms with Crippen molar-refractivity contribution >= 4 is 17.2 Å². The fourth-order valence-corrected chi connectivity index (χ4v) is 3.74. The lowest BCUT2D eigenvalue weighted by molar-refractivity contribution is -0.121. The van der Waals surface area contributed by atoms with Gasteiger partial charge in [0.05, 0.1) is 12.2 Å². The van der Waals surface area contributed by atoms with Gasteiger partial charge in [-0.2, -0.15) is 0 Å². The second kappa shape index (κ2) is 8.41. The van der Waals surface area contributed by atoms with Crippen molar-refractivity contribution in [3.05, 3.63) is 16.1 Å². The van der Waals surface area contributed by atoms with Gasteiger partial charge in [0.15, 0.2) is 0 Å². The SMILES string of the molecule is C[C@@H](CCC(=O)NCc1nc(C(C)(C)C)cs1)N1CCN(C)CC1. The summed E-state index contributed by atoms with van der Waals surface area (Å²) in [5.74, 6) is 0.128. The number of carbonyl (C=O) groups excluding carboxylic acids is 1. The molecule has 0 saturated carbocycles. The molecule has 0 bridgehead atoms. The Balaban J connectivity index is 1.69. The van der Waals surface area contributed by atoms with Crippen LogP contribution in [0.3, 0.4) is 0 Å². The van der Waals surface area contributed by atoms with Crippen LogP contribution in [0.2, 0.25) is 0 Å². The second-order valence-electron chi connectivity index (χ2n) is 7.88. The summed E-state index contributed by atoms with van der Waals surface area (Å²) < 4.78 is 0. The van der Waals surface area contributed by atoms with Gasteiger partial charge in [0.1, 0.15) is 5.01 Å². The third-order valence-electron chi connectivity index (χ3n) is 4.71. The molecule has 1 saturated heterocycles. The molecule has 0 spiro atoms. The lowest BCUT2D eigenvalue weighted by Gasteiger charge is -2.36. The molecule has 1 aromatic heterocycles. The quantitative estimate of drug-likeness (QED) is 0.854. The first-order chi connectivity index (χ1) is 11.3. The molecule has 24 heavy (non-hydrogen) atoms. The predicted octanol–water partition coefficient (Wildman–Crippen LogP) is 2.47. The van der Waals surface area contributed by atoms with Gasteiger partial charge in [0.2, 0.25) is 5.91 Å². The number of carbonyl (C=O) groups is 1. The van der Waals surface area contributed by atoms with Crippen molar-refractivity contribution in [1.29, 1.82) is 0 Å². The lowest BCUT2D eigenvalue weighted by atomic mass is 9.93. The van der Waals surface area contributed by atoms with Gasteiger partial charge in [-0.1, -0.05) is 20.8 Å². The summed E-state index contributed by atoms with van der Waals surface area (Å²) in [6.07, 6.45) is 1.51. The van der Waals surface area contributed by atoms with Gasteiger partial charge >= 0.3 is 0 Å². The number of likely N-dealkylation sites (N-methyl/N-ethyl adjacent to an activating group) is 1. The van der Waals surface area contributed by atoms with E-state index in [0.29, 0.717) is 19.0 Å². The van der Waals surface area contributed by atoms with Crippen molar-refractivity contribution in [3.63, 3.8) is 0 Å². The minimum absolute atomic E-state index is 0.0662. The van der Waals surface area contributed by atoms with Gasteiger partial charge in [-0.25, -0.2) is 4.98 Å². The minimum atomic E-state index is 0.0662. The summed E-state index contributed by atoms with van der Waals surface area (Å²) in [7, 11) is 2.17. The standard InChI is InChI=1S/C18H32N4OS/c1-14(22-10-8-21(5)9-11-22)6-7-16(23)19-12-17-20-15(13-24-17)18(2,3)4/h13-14H,6-12H2,1-5H3,(H,19,23)/t14-/m0/s1. The summed E-state index contributed by atoms with van der Waals surface area (Å²) >= 11 is 1.63. The highest BCUT2D eigenvalue weighted by Gasteiger charge is 2.20. The van der Waals surface area contributed by atoms with E-state index in [-0.39, 0.29) is 11.3 Å². The molecule has 1 N–H and O–H groups in total. The average molecular weight is 353 g/mol. The first kappa shape index (κ1) is 19.3. The average Bonchev–Trinajstić information content (AvgIpc) is 3.00. The number of hydrogen-bond donors (Lipinski definition) is 1. The van der Waals surface area contributed by atoms with Gasteiger partial charge in [-0.15, -0.1) is 11.3 Å². The van der Waals surface area contributed by atoms with Crippen LogP contribution < -0.4 is 5.32 Å². The van der Waals surface area contributed by atoms with Crippen LogP contribution in [-0.2, 0) is 16.8 Å². The van der Waals surface area contributed by atoms with Crippen LogP contribution in [0.25, 0.3) is 0 Å². The number of hydrogen-bond acceptors (Lipinski definition) is 5. The Morgan fingerprint density at radius 3 is 2.58 bits per heavy atom. The number of rotatable bonds is 6. The maximum absolute atomic E-state index is 12.1. The van der Waals surface area contributed by atoms with E-state index >= 15 is 0 Å². The number of amides is 1. The van der Waals surface area contributed by atoms with E-state index in [4.69, 9.17) is 0 Å². The van der Waals surface area contributed by atoms with Crippen LogP contribution >= 0.6 is 11.3 Å². The highest BCUT2D eigenvalue weighted by molar-refractivity contribution is 7.09. The summed E-state index contributed by atoms with van der Waals surface area (Å²) in [5, 5.41) is 6.09. The van der Waals surface area contributed by atoms with Crippen LogP contribution in [0, 0.1) is 0 Å². The number of thiazole rings is 1. The molecule has 1 amide bonds. The Kier molecular flexibility index (Phi) is 6.78. The molecular weight excluding hydrogens is 320 g/mol. The maximum Gasteiger partial charge on any atom is 0.220 e. The molecule has 0 aliphatic carbocycles. The number of piperazine rings is 1. The van der Waals surface area contributed by atoms with Crippen molar-refractivity contribution in [1.82, 2.24) is 20.1 Å². The van der Waals surface area contributed by atoms with E-state index in [0.717, 1.165) is 43.3 Å². The first-order valence-electron chi connectivity index (χ1n) is 8.90. The summed E-state index contributed by atoms with van der Waals surface area (Å²) in [6.45, 7) is 13.7. The normalized spacial score (nSPS) is 18.5. The third kappa shape index (κ3) is 5.83. The Hall–Kier alpha value is -0.980. The van der Waals surface area contributed by atoms with Gasteiger partial charge in [-0.05, 0) is 20.4 Å².